The number of nitrogens with zero attached hydrogens (tertiary/aromatic N) is 1. The second kappa shape index (κ2) is 6.60. The van der Waals surface area contributed by atoms with E-state index in [9.17, 15) is 5.26 Å². The molecule has 1 atom stereocenters. The number of benzene rings is 2. The highest BCUT2D eigenvalue weighted by atomic mass is 127. The molecule has 0 amide bonds. The maximum Gasteiger partial charge on any atom is 0.140 e. The molecule has 5 heteroatoms. The summed E-state index contributed by atoms with van der Waals surface area (Å²) in [4.78, 5) is 0. The molecule has 0 aliphatic carbocycles. The summed E-state index contributed by atoms with van der Waals surface area (Å²) in [6.45, 7) is 0. The van der Waals surface area contributed by atoms with Crippen molar-refractivity contribution in [3.8, 4) is 6.07 Å². The Labute approximate surface area is 139 Å². The molecule has 0 saturated carbocycles. The van der Waals surface area contributed by atoms with E-state index in [1.54, 1.807) is 6.07 Å². The van der Waals surface area contributed by atoms with E-state index in [0.717, 1.165) is 19.3 Å². The lowest BCUT2D eigenvalue weighted by molar-refractivity contribution is 0.996. The summed E-state index contributed by atoms with van der Waals surface area (Å²) in [6.07, 6.45) is 0. The SMILES string of the molecule is N#CC(Nc1ccc(Cl)c(Br)c1)c1cccc(I)c1. The standard InChI is InChI=1S/C14H9BrClIN2/c15-12-7-11(4-5-13(12)16)19-14(8-18)9-2-1-3-10(17)6-9/h1-7,14,19H. The molecule has 2 aromatic carbocycles. The predicted molar refractivity (Wildman–Crippen MR) is 90.3 cm³/mol. The van der Waals surface area contributed by atoms with Crippen molar-refractivity contribution in [1.29, 1.82) is 5.26 Å². The minimum atomic E-state index is -0.386. The van der Waals surface area contributed by atoms with Crippen LogP contribution in [0.4, 0.5) is 5.69 Å². The normalized spacial score (nSPS) is 11.7. The maximum absolute atomic E-state index is 9.30. The van der Waals surface area contributed by atoms with Crippen LogP contribution in [0.1, 0.15) is 11.6 Å². The summed E-state index contributed by atoms with van der Waals surface area (Å²) >= 11 is 11.6. The first-order valence-electron chi connectivity index (χ1n) is 5.47. The van der Waals surface area contributed by atoms with Crippen LogP contribution in [-0.2, 0) is 0 Å². The Morgan fingerprint density at radius 3 is 2.68 bits per heavy atom. The van der Waals surface area contributed by atoms with Crippen molar-refractivity contribution in [3.63, 3.8) is 0 Å². The van der Waals surface area contributed by atoms with E-state index in [2.05, 4.69) is 49.9 Å². The van der Waals surface area contributed by atoms with Crippen molar-refractivity contribution >= 4 is 55.8 Å². The van der Waals surface area contributed by atoms with Crippen LogP contribution in [0.5, 0.6) is 0 Å². The molecule has 0 spiro atoms. The summed E-state index contributed by atoms with van der Waals surface area (Å²) < 4.78 is 1.91. The van der Waals surface area contributed by atoms with Crippen LogP contribution in [0.15, 0.2) is 46.9 Å². The van der Waals surface area contributed by atoms with Crippen molar-refractivity contribution in [2.24, 2.45) is 0 Å². The number of rotatable bonds is 3. The molecular weight excluding hydrogens is 438 g/mol. The van der Waals surface area contributed by atoms with Gasteiger partial charge in [0.2, 0.25) is 0 Å². The minimum Gasteiger partial charge on any atom is -0.366 e. The highest BCUT2D eigenvalue weighted by Gasteiger charge is 2.11. The Kier molecular flexibility index (Phi) is 5.08. The summed E-state index contributed by atoms with van der Waals surface area (Å²) in [5.41, 5.74) is 1.79. The average molecular weight is 448 g/mol. The van der Waals surface area contributed by atoms with Gasteiger partial charge in [-0.05, 0) is 74.4 Å². The predicted octanol–water partition coefficient (Wildman–Crippen LogP) is 5.38. The Bertz CT molecular complexity index is 640. The second-order valence-electron chi connectivity index (χ2n) is 3.89. The zero-order chi connectivity index (χ0) is 13.8. The maximum atomic E-state index is 9.30. The summed E-state index contributed by atoms with van der Waals surface area (Å²) in [6, 6.07) is 15.3. The first-order chi connectivity index (χ1) is 9.10. The van der Waals surface area contributed by atoms with Crippen LogP contribution >= 0.6 is 50.1 Å². The van der Waals surface area contributed by atoms with Gasteiger partial charge in [0.15, 0.2) is 0 Å². The lowest BCUT2D eigenvalue weighted by atomic mass is 10.1. The molecule has 0 fully saturated rings. The lowest BCUT2D eigenvalue weighted by Crippen LogP contribution is -2.08. The largest absolute Gasteiger partial charge is 0.366 e. The van der Waals surface area contributed by atoms with Gasteiger partial charge in [-0.3, -0.25) is 0 Å². The van der Waals surface area contributed by atoms with E-state index < -0.39 is 0 Å². The Morgan fingerprint density at radius 2 is 2.05 bits per heavy atom. The molecule has 96 valence electrons. The smallest absolute Gasteiger partial charge is 0.140 e. The highest BCUT2D eigenvalue weighted by molar-refractivity contribution is 14.1. The molecule has 0 bridgehead atoms. The second-order valence-corrected chi connectivity index (χ2v) is 6.40. The molecule has 0 saturated heterocycles. The van der Waals surface area contributed by atoms with E-state index in [0.29, 0.717) is 5.02 Å². The van der Waals surface area contributed by atoms with Crippen molar-refractivity contribution in [2.75, 3.05) is 5.32 Å². The van der Waals surface area contributed by atoms with E-state index in [-0.39, 0.29) is 6.04 Å². The minimum absolute atomic E-state index is 0.386. The first-order valence-corrected chi connectivity index (χ1v) is 7.72. The van der Waals surface area contributed by atoms with Gasteiger partial charge in [0, 0.05) is 13.7 Å². The van der Waals surface area contributed by atoms with Gasteiger partial charge in [0.25, 0.3) is 0 Å². The number of anilines is 1. The number of nitrogens with one attached hydrogen (secondary N) is 1. The molecule has 0 aliphatic heterocycles. The van der Waals surface area contributed by atoms with E-state index in [1.807, 2.05) is 36.4 Å². The third kappa shape index (κ3) is 3.85. The van der Waals surface area contributed by atoms with Crippen molar-refractivity contribution in [2.45, 2.75) is 6.04 Å². The highest BCUT2D eigenvalue weighted by Crippen LogP contribution is 2.28. The van der Waals surface area contributed by atoms with Crippen LogP contribution in [0.25, 0.3) is 0 Å². The fourth-order valence-corrected chi connectivity index (χ4v) is 2.69. The average Bonchev–Trinajstić information content (AvgIpc) is 2.40. The lowest BCUT2D eigenvalue weighted by Gasteiger charge is -2.14. The van der Waals surface area contributed by atoms with E-state index in [4.69, 9.17) is 11.6 Å². The van der Waals surface area contributed by atoms with Gasteiger partial charge in [0.1, 0.15) is 6.04 Å². The third-order valence-corrected chi connectivity index (χ3v) is 4.43. The number of hydrogen-bond acceptors (Lipinski definition) is 2. The third-order valence-electron chi connectivity index (χ3n) is 2.54. The zero-order valence-corrected chi connectivity index (χ0v) is 14.2. The first kappa shape index (κ1) is 14.6. The quantitative estimate of drug-likeness (QED) is 0.641. The number of nitriles is 1. The van der Waals surface area contributed by atoms with Crippen LogP contribution in [0.2, 0.25) is 5.02 Å². The van der Waals surface area contributed by atoms with Crippen molar-refractivity contribution in [3.05, 3.63) is 61.1 Å². The Morgan fingerprint density at radius 1 is 1.26 bits per heavy atom. The van der Waals surface area contributed by atoms with Crippen LogP contribution in [0, 0.1) is 14.9 Å². The monoisotopic (exact) mass is 446 g/mol. The molecule has 2 rings (SSSR count). The molecule has 0 radical (unpaired) electrons. The molecule has 1 unspecified atom stereocenters. The van der Waals surface area contributed by atoms with Crippen molar-refractivity contribution < 1.29 is 0 Å². The molecular formula is C14H9BrClIN2. The van der Waals surface area contributed by atoms with Gasteiger partial charge in [-0.1, -0.05) is 23.7 Å². The molecule has 0 aromatic heterocycles. The van der Waals surface area contributed by atoms with E-state index in [1.165, 1.54) is 0 Å². The summed E-state index contributed by atoms with van der Waals surface area (Å²) in [5.74, 6) is 0. The topological polar surface area (TPSA) is 35.8 Å². The van der Waals surface area contributed by atoms with Gasteiger partial charge in [0.05, 0.1) is 11.1 Å². The summed E-state index contributed by atoms with van der Waals surface area (Å²) in [7, 11) is 0. The fourth-order valence-electron chi connectivity index (χ4n) is 1.63. The number of hydrogen-bond donors (Lipinski definition) is 1. The fraction of sp³-hybridized carbons (Fsp3) is 0.0714. The van der Waals surface area contributed by atoms with Gasteiger partial charge >= 0.3 is 0 Å². The Hall–Kier alpha value is -0.770. The van der Waals surface area contributed by atoms with Crippen LogP contribution in [-0.4, -0.2) is 0 Å². The molecule has 1 N–H and O–H groups in total. The van der Waals surface area contributed by atoms with Gasteiger partial charge in [-0.2, -0.15) is 5.26 Å². The van der Waals surface area contributed by atoms with Crippen LogP contribution < -0.4 is 5.32 Å². The molecule has 0 heterocycles. The molecule has 2 aromatic rings. The molecule has 19 heavy (non-hydrogen) atoms. The van der Waals surface area contributed by atoms with Crippen molar-refractivity contribution in [1.82, 2.24) is 0 Å². The number of halogens is 3. The van der Waals surface area contributed by atoms with E-state index >= 15 is 0 Å². The zero-order valence-electron chi connectivity index (χ0n) is 9.70. The molecule has 2 nitrogen and oxygen atoms in total. The molecule has 0 aliphatic rings. The van der Waals surface area contributed by atoms with Gasteiger partial charge in [-0.15, -0.1) is 0 Å². The van der Waals surface area contributed by atoms with Crippen LogP contribution in [0.3, 0.4) is 0 Å². The van der Waals surface area contributed by atoms with Gasteiger partial charge < -0.3 is 5.32 Å². The van der Waals surface area contributed by atoms with Gasteiger partial charge in [-0.25, -0.2) is 0 Å². The Balaban J connectivity index is 2.24. The summed E-state index contributed by atoms with van der Waals surface area (Å²) in [5, 5.41) is 13.1.